The largest absolute Gasteiger partial charge is 0.381 e. The number of amides is 1. The summed E-state index contributed by atoms with van der Waals surface area (Å²) in [6.45, 7) is 6.43. The van der Waals surface area contributed by atoms with E-state index in [0.717, 1.165) is 39.0 Å². The van der Waals surface area contributed by atoms with E-state index in [9.17, 15) is 4.79 Å². The van der Waals surface area contributed by atoms with Crippen molar-refractivity contribution in [3.63, 3.8) is 0 Å². The van der Waals surface area contributed by atoms with E-state index >= 15 is 0 Å². The molecule has 1 atom stereocenters. The minimum absolute atomic E-state index is 0. The van der Waals surface area contributed by atoms with Crippen molar-refractivity contribution in [1.29, 1.82) is 0 Å². The van der Waals surface area contributed by atoms with Gasteiger partial charge in [-0.25, -0.2) is 0 Å². The Kier molecular flexibility index (Phi) is 8.57. The van der Waals surface area contributed by atoms with Crippen LogP contribution in [0.4, 0.5) is 0 Å². The predicted octanol–water partition coefficient (Wildman–Crippen LogP) is 1.67. The van der Waals surface area contributed by atoms with E-state index in [4.69, 9.17) is 10.5 Å². The zero-order valence-electron chi connectivity index (χ0n) is 11.7. The molecule has 1 fully saturated rings. The number of ether oxygens (including phenoxy) is 1. The molecule has 0 aromatic rings. The number of carbonyl (C=O) groups is 1. The molecule has 108 valence electrons. The second kappa shape index (κ2) is 8.73. The second-order valence-electron chi connectivity index (χ2n) is 5.34. The van der Waals surface area contributed by atoms with E-state index in [1.54, 1.807) is 0 Å². The van der Waals surface area contributed by atoms with Crippen LogP contribution in [-0.4, -0.2) is 43.7 Å². The van der Waals surface area contributed by atoms with Crippen LogP contribution in [-0.2, 0) is 9.53 Å². The first-order chi connectivity index (χ1) is 8.02. The number of carbonyl (C=O) groups excluding carboxylic acids is 1. The van der Waals surface area contributed by atoms with E-state index in [-0.39, 0.29) is 30.3 Å². The first-order valence-corrected chi connectivity index (χ1v) is 6.60. The maximum absolute atomic E-state index is 12.1. The number of nitrogens with zero attached hydrogens (tertiary/aromatic N) is 1. The Labute approximate surface area is 117 Å². The number of nitrogens with two attached hydrogens (primary N) is 1. The maximum atomic E-state index is 12.1. The zero-order chi connectivity index (χ0) is 12.8. The fourth-order valence-electron chi connectivity index (χ4n) is 2.04. The van der Waals surface area contributed by atoms with Crippen LogP contribution >= 0.6 is 12.4 Å². The molecule has 1 amide bonds. The van der Waals surface area contributed by atoms with E-state index < -0.39 is 0 Å². The van der Waals surface area contributed by atoms with Crippen molar-refractivity contribution in [3.8, 4) is 0 Å². The monoisotopic (exact) mass is 278 g/mol. The van der Waals surface area contributed by atoms with Crippen LogP contribution < -0.4 is 5.73 Å². The van der Waals surface area contributed by atoms with Gasteiger partial charge in [0.1, 0.15) is 0 Å². The Morgan fingerprint density at radius 2 is 1.94 bits per heavy atom. The van der Waals surface area contributed by atoms with E-state index in [1.807, 2.05) is 11.9 Å². The van der Waals surface area contributed by atoms with Gasteiger partial charge in [0, 0.05) is 38.8 Å². The molecule has 0 aliphatic carbocycles. The maximum Gasteiger partial charge on any atom is 0.225 e. The van der Waals surface area contributed by atoms with Gasteiger partial charge >= 0.3 is 0 Å². The lowest BCUT2D eigenvalue weighted by Gasteiger charge is -2.27. The van der Waals surface area contributed by atoms with Crippen LogP contribution in [0.5, 0.6) is 0 Å². The summed E-state index contributed by atoms with van der Waals surface area (Å²) in [6.07, 6.45) is 2.60. The Hall–Kier alpha value is -0.320. The van der Waals surface area contributed by atoms with Gasteiger partial charge in [-0.2, -0.15) is 0 Å². The standard InChI is InChI=1S/C13H26N2O2.ClH/c1-10(2)12(14)4-7-15(3)13(16)11-5-8-17-9-6-11;/h10-12H,4-9,14H2,1-3H3;1H. The second-order valence-corrected chi connectivity index (χ2v) is 5.34. The first kappa shape index (κ1) is 17.7. The zero-order valence-corrected chi connectivity index (χ0v) is 12.5. The van der Waals surface area contributed by atoms with Gasteiger partial charge in [-0.1, -0.05) is 13.8 Å². The van der Waals surface area contributed by atoms with Crippen molar-refractivity contribution in [2.75, 3.05) is 26.8 Å². The van der Waals surface area contributed by atoms with Crippen molar-refractivity contribution in [2.45, 2.75) is 39.2 Å². The topological polar surface area (TPSA) is 55.6 Å². The van der Waals surface area contributed by atoms with E-state index in [0.29, 0.717) is 5.92 Å². The van der Waals surface area contributed by atoms with Crippen LogP contribution in [0.1, 0.15) is 33.1 Å². The Bertz CT molecular complexity index is 243. The highest BCUT2D eigenvalue weighted by Gasteiger charge is 2.24. The molecule has 18 heavy (non-hydrogen) atoms. The number of hydrogen-bond acceptors (Lipinski definition) is 3. The van der Waals surface area contributed by atoms with Crippen molar-refractivity contribution in [2.24, 2.45) is 17.6 Å². The quantitative estimate of drug-likeness (QED) is 0.832. The molecule has 1 heterocycles. The molecule has 1 aliphatic heterocycles. The minimum Gasteiger partial charge on any atom is -0.381 e. The average Bonchev–Trinajstić information content (AvgIpc) is 2.35. The summed E-state index contributed by atoms with van der Waals surface area (Å²) in [5.74, 6) is 0.884. The molecule has 4 nitrogen and oxygen atoms in total. The molecular formula is C13H27ClN2O2. The van der Waals surface area contributed by atoms with Gasteiger partial charge in [-0.3, -0.25) is 4.79 Å². The third-order valence-electron chi connectivity index (χ3n) is 3.60. The molecule has 5 heteroatoms. The summed E-state index contributed by atoms with van der Waals surface area (Å²) >= 11 is 0. The lowest BCUT2D eigenvalue weighted by atomic mass is 9.98. The molecule has 0 aromatic carbocycles. The molecule has 1 rings (SSSR count). The molecule has 2 N–H and O–H groups in total. The molecule has 0 radical (unpaired) electrons. The van der Waals surface area contributed by atoms with Gasteiger partial charge in [0.15, 0.2) is 0 Å². The average molecular weight is 279 g/mol. The van der Waals surface area contributed by atoms with Gasteiger partial charge in [0.2, 0.25) is 5.91 Å². The molecule has 1 aliphatic rings. The van der Waals surface area contributed by atoms with Crippen LogP contribution in [0.2, 0.25) is 0 Å². The van der Waals surface area contributed by atoms with E-state index in [1.165, 1.54) is 0 Å². The van der Waals surface area contributed by atoms with Crippen LogP contribution in [0.25, 0.3) is 0 Å². The fourth-order valence-corrected chi connectivity index (χ4v) is 2.04. The van der Waals surface area contributed by atoms with Crippen molar-refractivity contribution in [1.82, 2.24) is 4.90 Å². The first-order valence-electron chi connectivity index (χ1n) is 6.60. The highest BCUT2D eigenvalue weighted by atomic mass is 35.5. The molecule has 0 saturated carbocycles. The predicted molar refractivity (Wildman–Crippen MR) is 75.9 cm³/mol. The lowest BCUT2D eigenvalue weighted by Crippen LogP contribution is -2.39. The molecule has 0 spiro atoms. The summed E-state index contributed by atoms with van der Waals surface area (Å²) in [7, 11) is 1.88. The summed E-state index contributed by atoms with van der Waals surface area (Å²) in [4.78, 5) is 13.9. The van der Waals surface area contributed by atoms with Gasteiger partial charge in [-0.15, -0.1) is 12.4 Å². The van der Waals surface area contributed by atoms with Crippen LogP contribution in [0.15, 0.2) is 0 Å². The summed E-state index contributed by atoms with van der Waals surface area (Å²) in [5.41, 5.74) is 5.99. The Morgan fingerprint density at radius 1 is 1.39 bits per heavy atom. The number of hydrogen-bond donors (Lipinski definition) is 1. The number of rotatable bonds is 5. The van der Waals surface area contributed by atoms with Crippen molar-refractivity contribution in [3.05, 3.63) is 0 Å². The molecule has 1 unspecified atom stereocenters. The van der Waals surface area contributed by atoms with Gasteiger partial charge < -0.3 is 15.4 Å². The normalized spacial score (nSPS) is 18.3. The molecule has 1 saturated heterocycles. The van der Waals surface area contributed by atoms with Crippen molar-refractivity contribution >= 4 is 18.3 Å². The number of halogens is 1. The SMILES string of the molecule is CC(C)C(N)CCN(C)C(=O)C1CCOCC1.Cl. The molecular weight excluding hydrogens is 252 g/mol. The highest BCUT2D eigenvalue weighted by Crippen LogP contribution is 2.17. The third kappa shape index (κ3) is 5.55. The smallest absolute Gasteiger partial charge is 0.225 e. The van der Waals surface area contributed by atoms with Gasteiger partial charge in [-0.05, 0) is 25.2 Å². The highest BCUT2D eigenvalue weighted by molar-refractivity contribution is 5.85. The summed E-state index contributed by atoms with van der Waals surface area (Å²) in [6, 6.07) is 0.180. The van der Waals surface area contributed by atoms with E-state index in [2.05, 4.69) is 13.8 Å². The van der Waals surface area contributed by atoms with Crippen molar-refractivity contribution < 1.29 is 9.53 Å². The molecule has 0 aromatic heterocycles. The third-order valence-corrected chi connectivity index (χ3v) is 3.60. The van der Waals surface area contributed by atoms with Crippen LogP contribution in [0, 0.1) is 11.8 Å². The fraction of sp³-hybridized carbons (Fsp3) is 0.923. The minimum atomic E-state index is 0. The summed E-state index contributed by atoms with van der Waals surface area (Å²) in [5, 5.41) is 0. The summed E-state index contributed by atoms with van der Waals surface area (Å²) < 4.78 is 5.27. The molecule has 0 bridgehead atoms. The van der Waals surface area contributed by atoms with Gasteiger partial charge in [0.25, 0.3) is 0 Å². The Morgan fingerprint density at radius 3 is 2.44 bits per heavy atom. The Balaban J connectivity index is 0.00000289. The van der Waals surface area contributed by atoms with Gasteiger partial charge in [0.05, 0.1) is 0 Å². The van der Waals surface area contributed by atoms with Crippen LogP contribution in [0.3, 0.4) is 0 Å². The lowest BCUT2D eigenvalue weighted by molar-refractivity contribution is -0.137.